The maximum Gasteiger partial charge on any atom is 0.0372 e. The van der Waals surface area contributed by atoms with E-state index in [1.54, 1.807) is 5.56 Å². The van der Waals surface area contributed by atoms with Crippen molar-refractivity contribution < 1.29 is 0 Å². The van der Waals surface area contributed by atoms with E-state index in [4.69, 9.17) is 0 Å². The Labute approximate surface area is 104 Å². The Morgan fingerprint density at radius 1 is 1.29 bits per heavy atom. The second-order valence-electron chi connectivity index (χ2n) is 5.57. The number of hydrogen-bond acceptors (Lipinski definition) is 2. The maximum absolute atomic E-state index is 3.49. The average Bonchev–Trinajstić information content (AvgIpc) is 2.33. The van der Waals surface area contributed by atoms with Gasteiger partial charge in [0.2, 0.25) is 0 Å². The van der Waals surface area contributed by atoms with Gasteiger partial charge in [-0.25, -0.2) is 0 Å². The molecule has 2 aliphatic rings. The van der Waals surface area contributed by atoms with Crippen LogP contribution >= 0.6 is 0 Å². The van der Waals surface area contributed by atoms with Crippen LogP contribution in [0.5, 0.6) is 0 Å². The summed E-state index contributed by atoms with van der Waals surface area (Å²) in [4.78, 5) is 0. The van der Waals surface area contributed by atoms with Crippen LogP contribution < -0.4 is 10.6 Å². The standard InChI is InChI=1S/C15H22N2/c1-16-11-15(7-3-8-15)13-5-6-14-12(10-13)4-2-9-17-14/h5-6,10,16-17H,2-4,7-9,11H2,1H3. The highest BCUT2D eigenvalue weighted by Crippen LogP contribution is 2.44. The summed E-state index contributed by atoms with van der Waals surface area (Å²) >= 11 is 0. The predicted octanol–water partition coefficient (Wildman–Crippen LogP) is 2.69. The topological polar surface area (TPSA) is 24.1 Å². The summed E-state index contributed by atoms with van der Waals surface area (Å²) in [6.45, 7) is 2.26. The Kier molecular flexibility index (Phi) is 2.83. The van der Waals surface area contributed by atoms with E-state index in [1.807, 2.05) is 0 Å². The first kappa shape index (κ1) is 11.1. The molecule has 17 heavy (non-hydrogen) atoms. The third-order valence-electron chi connectivity index (χ3n) is 4.48. The molecule has 1 fully saturated rings. The Morgan fingerprint density at radius 2 is 2.18 bits per heavy atom. The third kappa shape index (κ3) is 1.85. The van der Waals surface area contributed by atoms with Crippen LogP contribution in [0.3, 0.4) is 0 Å². The van der Waals surface area contributed by atoms with Gasteiger partial charge >= 0.3 is 0 Å². The third-order valence-corrected chi connectivity index (χ3v) is 4.48. The van der Waals surface area contributed by atoms with Crippen LogP contribution in [-0.2, 0) is 11.8 Å². The lowest BCUT2D eigenvalue weighted by atomic mass is 9.64. The normalized spacial score (nSPS) is 21.2. The van der Waals surface area contributed by atoms with Crippen LogP contribution in [0, 0.1) is 0 Å². The van der Waals surface area contributed by atoms with E-state index in [-0.39, 0.29) is 0 Å². The molecule has 2 N–H and O–H groups in total. The van der Waals surface area contributed by atoms with E-state index in [2.05, 4.69) is 35.9 Å². The van der Waals surface area contributed by atoms with E-state index in [1.165, 1.54) is 43.4 Å². The van der Waals surface area contributed by atoms with Gasteiger partial charge in [0, 0.05) is 24.2 Å². The molecule has 1 aromatic rings. The zero-order valence-electron chi connectivity index (χ0n) is 10.7. The van der Waals surface area contributed by atoms with Crippen LogP contribution in [0.1, 0.15) is 36.8 Å². The molecule has 0 aromatic heterocycles. The number of rotatable bonds is 3. The largest absolute Gasteiger partial charge is 0.385 e. The Morgan fingerprint density at radius 3 is 2.88 bits per heavy atom. The number of likely N-dealkylation sites (N-methyl/N-ethyl adjacent to an activating group) is 1. The van der Waals surface area contributed by atoms with Crippen molar-refractivity contribution in [3.05, 3.63) is 29.3 Å². The van der Waals surface area contributed by atoms with Gasteiger partial charge in [-0.1, -0.05) is 18.6 Å². The number of hydrogen-bond donors (Lipinski definition) is 2. The molecule has 0 radical (unpaired) electrons. The predicted molar refractivity (Wildman–Crippen MR) is 72.7 cm³/mol. The second kappa shape index (κ2) is 4.34. The van der Waals surface area contributed by atoms with Gasteiger partial charge in [0.05, 0.1) is 0 Å². The summed E-state index contributed by atoms with van der Waals surface area (Å²) in [5, 5.41) is 6.87. The van der Waals surface area contributed by atoms with Crippen LogP contribution in [0.2, 0.25) is 0 Å². The van der Waals surface area contributed by atoms with Crippen molar-refractivity contribution in [3.8, 4) is 0 Å². The molecule has 0 spiro atoms. The van der Waals surface area contributed by atoms with Crippen molar-refractivity contribution in [1.82, 2.24) is 5.32 Å². The molecule has 0 amide bonds. The molecule has 1 saturated carbocycles. The lowest BCUT2D eigenvalue weighted by Crippen LogP contribution is -2.42. The first-order chi connectivity index (χ1) is 8.34. The van der Waals surface area contributed by atoms with Crippen LogP contribution in [-0.4, -0.2) is 20.1 Å². The number of nitrogens with one attached hydrogen (secondary N) is 2. The van der Waals surface area contributed by atoms with Crippen molar-refractivity contribution in [3.63, 3.8) is 0 Å². The number of fused-ring (bicyclic) bond motifs is 1. The van der Waals surface area contributed by atoms with Crippen molar-refractivity contribution in [1.29, 1.82) is 0 Å². The van der Waals surface area contributed by atoms with Gasteiger partial charge < -0.3 is 10.6 Å². The van der Waals surface area contributed by atoms with E-state index in [9.17, 15) is 0 Å². The lowest BCUT2D eigenvalue weighted by molar-refractivity contribution is 0.239. The highest BCUT2D eigenvalue weighted by atomic mass is 14.9. The van der Waals surface area contributed by atoms with Crippen molar-refractivity contribution >= 4 is 5.69 Å². The molecular weight excluding hydrogens is 208 g/mol. The van der Waals surface area contributed by atoms with Gasteiger partial charge in [-0.3, -0.25) is 0 Å². The molecule has 0 unspecified atom stereocenters. The SMILES string of the molecule is CNCC1(c2ccc3c(c2)CCCN3)CCC1. The first-order valence-electron chi connectivity index (χ1n) is 6.86. The second-order valence-corrected chi connectivity index (χ2v) is 5.57. The van der Waals surface area contributed by atoms with Crippen LogP contribution in [0.4, 0.5) is 5.69 Å². The summed E-state index contributed by atoms with van der Waals surface area (Å²) in [5.41, 5.74) is 4.87. The zero-order chi connectivity index (χ0) is 11.7. The Balaban J connectivity index is 1.92. The molecule has 92 valence electrons. The molecule has 0 saturated heterocycles. The van der Waals surface area contributed by atoms with Gasteiger partial charge in [-0.05, 0) is 49.9 Å². The van der Waals surface area contributed by atoms with E-state index in [0.29, 0.717) is 5.41 Å². The van der Waals surface area contributed by atoms with Crippen molar-refractivity contribution in [2.24, 2.45) is 0 Å². The number of anilines is 1. The summed E-state index contributed by atoms with van der Waals surface area (Å²) < 4.78 is 0. The van der Waals surface area contributed by atoms with Gasteiger partial charge in [-0.15, -0.1) is 0 Å². The summed E-state index contributed by atoms with van der Waals surface area (Å²) in [6, 6.07) is 7.09. The first-order valence-corrected chi connectivity index (χ1v) is 6.86. The fourth-order valence-electron chi connectivity index (χ4n) is 3.31. The van der Waals surface area contributed by atoms with Gasteiger partial charge in [0.15, 0.2) is 0 Å². The molecule has 1 heterocycles. The minimum Gasteiger partial charge on any atom is -0.385 e. The minimum atomic E-state index is 0.432. The number of aryl methyl sites for hydroxylation is 1. The van der Waals surface area contributed by atoms with E-state index >= 15 is 0 Å². The fourth-order valence-corrected chi connectivity index (χ4v) is 3.31. The van der Waals surface area contributed by atoms with E-state index < -0.39 is 0 Å². The smallest absolute Gasteiger partial charge is 0.0372 e. The zero-order valence-corrected chi connectivity index (χ0v) is 10.7. The minimum absolute atomic E-state index is 0.432. The van der Waals surface area contributed by atoms with Crippen LogP contribution in [0.15, 0.2) is 18.2 Å². The molecular formula is C15H22N2. The lowest BCUT2D eigenvalue weighted by Gasteiger charge is -2.43. The van der Waals surface area contributed by atoms with Crippen LogP contribution in [0.25, 0.3) is 0 Å². The quantitative estimate of drug-likeness (QED) is 0.834. The van der Waals surface area contributed by atoms with Gasteiger partial charge in [0.25, 0.3) is 0 Å². The number of benzene rings is 1. The Bertz CT molecular complexity index is 407. The highest BCUT2D eigenvalue weighted by molar-refractivity contribution is 5.55. The molecule has 3 rings (SSSR count). The van der Waals surface area contributed by atoms with Gasteiger partial charge in [-0.2, -0.15) is 0 Å². The average molecular weight is 230 g/mol. The maximum atomic E-state index is 3.49. The molecule has 0 bridgehead atoms. The summed E-state index contributed by atoms with van der Waals surface area (Å²) in [5.74, 6) is 0. The molecule has 1 aromatic carbocycles. The monoisotopic (exact) mass is 230 g/mol. The Hall–Kier alpha value is -1.02. The molecule has 1 aliphatic heterocycles. The molecule has 1 aliphatic carbocycles. The summed E-state index contributed by atoms with van der Waals surface area (Å²) in [7, 11) is 2.07. The van der Waals surface area contributed by atoms with Crippen molar-refractivity contribution in [2.45, 2.75) is 37.5 Å². The molecule has 2 nitrogen and oxygen atoms in total. The fraction of sp³-hybridized carbons (Fsp3) is 0.600. The van der Waals surface area contributed by atoms with E-state index in [0.717, 1.165) is 13.1 Å². The molecule has 2 heteroatoms. The van der Waals surface area contributed by atoms with Crippen molar-refractivity contribution in [2.75, 3.05) is 25.5 Å². The highest BCUT2D eigenvalue weighted by Gasteiger charge is 2.38. The van der Waals surface area contributed by atoms with Gasteiger partial charge in [0.1, 0.15) is 0 Å². The summed E-state index contributed by atoms with van der Waals surface area (Å²) in [6.07, 6.45) is 6.60. The molecule has 0 atom stereocenters.